The van der Waals surface area contributed by atoms with Crippen molar-refractivity contribution in [3.63, 3.8) is 0 Å². The number of carbonyl (C=O) groups is 1. The molecule has 3 rings (SSSR count). The van der Waals surface area contributed by atoms with E-state index < -0.39 is 0 Å². The monoisotopic (exact) mass is 298 g/mol. The lowest BCUT2D eigenvalue weighted by atomic mass is 10.2. The van der Waals surface area contributed by atoms with Gasteiger partial charge in [0.2, 0.25) is 0 Å². The van der Waals surface area contributed by atoms with Crippen LogP contribution in [0.1, 0.15) is 23.3 Å². The molecule has 22 heavy (non-hydrogen) atoms. The van der Waals surface area contributed by atoms with Crippen LogP contribution < -0.4 is 0 Å². The van der Waals surface area contributed by atoms with Gasteiger partial charge in [-0.1, -0.05) is 30.3 Å². The van der Waals surface area contributed by atoms with E-state index in [2.05, 4.69) is 12.1 Å². The third-order valence-corrected chi connectivity index (χ3v) is 4.41. The van der Waals surface area contributed by atoms with Crippen molar-refractivity contribution in [3.05, 3.63) is 48.2 Å². The Balaban J connectivity index is 1.87. The topological polar surface area (TPSA) is 34.5 Å². The van der Waals surface area contributed by atoms with Crippen molar-refractivity contribution in [2.75, 3.05) is 20.3 Å². The lowest BCUT2D eigenvalue weighted by Crippen LogP contribution is -2.38. The number of nitrogens with zero attached hydrogens (tertiary/aromatic N) is 2. The van der Waals surface area contributed by atoms with Crippen LogP contribution in [0.4, 0.5) is 0 Å². The summed E-state index contributed by atoms with van der Waals surface area (Å²) < 4.78 is 7.23. The molecule has 116 valence electrons. The zero-order valence-electron chi connectivity index (χ0n) is 13.2. The molecule has 1 aromatic heterocycles. The van der Waals surface area contributed by atoms with Crippen molar-refractivity contribution in [3.8, 4) is 11.3 Å². The lowest BCUT2D eigenvalue weighted by Gasteiger charge is -2.24. The maximum Gasteiger partial charge on any atom is 0.270 e. The molecular formula is C18H22N2O2. The highest BCUT2D eigenvalue weighted by Gasteiger charge is 2.30. The molecule has 1 amide bonds. The normalized spacial score (nSPS) is 17.9. The molecule has 1 fully saturated rings. The van der Waals surface area contributed by atoms with Crippen LogP contribution >= 0.6 is 0 Å². The molecular weight excluding hydrogens is 276 g/mol. The largest absolute Gasteiger partial charge is 0.383 e. The maximum absolute atomic E-state index is 12.8. The fraction of sp³-hybridized carbons (Fsp3) is 0.389. The summed E-state index contributed by atoms with van der Waals surface area (Å²) in [6, 6.07) is 14.3. The van der Waals surface area contributed by atoms with Crippen LogP contribution in [-0.2, 0) is 11.8 Å². The molecule has 0 unspecified atom stereocenters. The summed E-state index contributed by atoms with van der Waals surface area (Å²) in [7, 11) is 3.65. The molecule has 1 aromatic carbocycles. The van der Waals surface area contributed by atoms with Crippen LogP contribution in [0.15, 0.2) is 42.5 Å². The number of amides is 1. The Morgan fingerprint density at radius 3 is 2.73 bits per heavy atom. The average Bonchev–Trinajstić information content (AvgIpc) is 3.15. The summed E-state index contributed by atoms with van der Waals surface area (Å²) in [5.74, 6) is 0.101. The Kier molecular flexibility index (Phi) is 4.29. The molecule has 1 saturated heterocycles. The standard InChI is InChI=1S/C18H22N2O2/c1-19-16(14-7-4-3-5-8-14)10-11-17(19)18(21)20-12-6-9-15(20)13-22-2/h3-5,7-8,10-11,15H,6,9,12-13H2,1-2H3/t15-/m1/s1. The number of benzene rings is 1. The quantitative estimate of drug-likeness (QED) is 0.870. The van der Waals surface area contributed by atoms with Crippen LogP contribution in [0.3, 0.4) is 0 Å². The smallest absolute Gasteiger partial charge is 0.270 e. The van der Waals surface area contributed by atoms with Gasteiger partial charge in [0.25, 0.3) is 5.91 Å². The molecule has 1 aliphatic rings. The molecule has 0 saturated carbocycles. The molecule has 2 aromatic rings. The van der Waals surface area contributed by atoms with E-state index in [1.54, 1.807) is 7.11 Å². The maximum atomic E-state index is 12.8. The SMILES string of the molecule is COC[C@H]1CCCN1C(=O)c1ccc(-c2ccccc2)n1C. The molecule has 4 nitrogen and oxygen atoms in total. The summed E-state index contributed by atoms with van der Waals surface area (Å²) in [6.07, 6.45) is 2.07. The zero-order valence-corrected chi connectivity index (χ0v) is 13.2. The van der Waals surface area contributed by atoms with Gasteiger partial charge in [-0.05, 0) is 30.5 Å². The second kappa shape index (κ2) is 6.36. The van der Waals surface area contributed by atoms with Crippen molar-refractivity contribution in [1.82, 2.24) is 9.47 Å². The molecule has 0 bridgehead atoms. The number of hydrogen-bond donors (Lipinski definition) is 0. The summed E-state index contributed by atoms with van der Waals surface area (Å²) in [5, 5.41) is 0. The minimum atomic E-state index is 0.101. The first-order valence-electron chi connectivity index (χ1n) is 7.73. The van der Waals surface area contributed by atoms with E-state index in [9.17, 15) is 4.79 Å². The lowest BCUT2D eigenvalue weighted by molar-refractivity contribution is 0.0622. The Bertz CT molecular complexity index is 648. The van der Waals surface area contributed by atoms with Gasteiger partial charge in [-0.25, -0.2) is 0 Å². The van der Waals surface area contributed by atoms with Gasteiger partial charge in [-0.15, -0.1) is 0 Å². The summed E-state index contributed by atoms with van der Waals surface area (Å²) in [6.45, 7) is 1.43. The van der Waals surface area contributed by atoms with E-state index in [-0.39, 0.29) is 11.9 Å². The first-order chi connectivity index (χ1) is 10.7. The summed E-state index contributed by atoms with van der Waals surface area (Å²) in [4.78, 5) is 14.8. The second-order valence-corrected chi connectivity index (χ2v) is 5.78. The zero-order chi connectivity index (χ0) is 15.5. The Morgan fingerprint density at radius 2 is 2.00 bits per heavy atom. The van der Waals surface area contributed by atoms with Gasteiger partial charge in [0.1, 0.15) is 5.69 Å². The van der Waals surface area contributed by atoms with Gasteiger partial charge in [0.05, 0.1) is 12.6 Å². The van der Waals surface area contributed by atoms with Gasteiger partial charge in [0.15, 0.2) is 0 Å². The van der Waals surface area contributed by atoms with Crippen LogP contribution in [0.2, 0.25) is 0 Å². The predicted molar refractivity (Wildman–Crippen MR) is 86.8 cm³/mol. The second-order valence-electron chi connectivity index (χ2n) is 5.78. The number of methoxy groups -OCH3 is 1. The van der Waals surface area contributed by atoms with Gasteiger partial charge in [-0.2, -0.15) is 0 Å². The minimum Gasteiger partial charge on any atom is -0.383 e. The Morgan fingerprint density at radius 1 is 1.23 bits per heavy atom. The number of carbonyl (C=O) groups excluding carboxylic acids is 1. The number of hydrogen-bond acceptors (Lipinski definition) is 2. The van der Waals surface area contributed by atoms with E-state index in [0.717, 1.165) is 36.3 Å². The van der Waals surface area contributed by atoms with E-state index in [1.165, 1.54) is 0 Å². The minimum absolute atomic E-state index is 0.101. The van der Waals surface area contributed by atoms with E-state index >= 15 is 0 Å². The highest BCUT2D eigenvalue weighted by molar-refractivity contribution is 5.94. The van der Waals surface area contributed by atoms with Gasteiger partial charge < -0.3 is 14.2 Å². The third kappa shape index (κ3) is 2.66. The van der Waals surface area contributed by atoms with Gasteiger partial charge in [0, 0.05) is 26.4 Å². The van der Waals surface area contributed by atoms with Crippen LogP contribution in [0.5, 0.6) is 0 Å². The van der Waals surface area contributed by atoms with Crippen LogP contribution in [-0.4, -0.2) is 41.7 Å². The summed E-state index contributed by atoms with van der Waals surface area (Å²) >= 11 is 0. The molecule has 0 radical (unpaired) electrons. The fourth-order valence-electron chi connectivity index (χ4n) is 3.24. The van der Waals surface area contributed by atoms with E-state index in [0.29, 0.717) is 6.61 Å². The molecule has 0 N–H and O–H groups in total. The first-order valence-corrected chi connectivity index (χ1v) is 7.73. The number of ether oxygens (including phenoxy) is 1. The van der Waals surface area contributed by atoms with Crippen LogP contribution in [0, 0.1) is 0 Å². The van der Waals surface area contributed by atoms with Gasteiger partial charge in [-0.3, -0.25) is 4.79 Å². The van der Waals surface area contributed by atoms with E-state index in [1.807, 2.05) is 46.8 Å². The van der Waals surface area contributed by atoms with Crippen molar-refractivity contribution in [1.29, 1.82) is 0 Å². The fourth-order valence-corrected chi connectivity index (χ4v) is 3.24. The Hall–Kier alpha value is -2.07. The molecule has 0 spiro atoms. The van der Waals surface area contributed by atoms with Gasteiger partial charge >= 0.3 is 0 Å². The van der Waals surface area contributed by atoms with Crippen molar-refractivity contribution in [2.45, 2.75) is 18.9 Å². The molecule has 1 aliphatic heterocycles. The predicted octanol–water partition coefficient (Wildman–Crippen LogP) is 2.94. The summed E-state index contributed by atoms with van der Waals surface area (Å²) in [5.41, 5.74) is 2.92. The van der Waals surface area contributed by atoms with Crippen LogP contribution in [0.25, 0.3) is 11.3 Å². The van der Waals surface area contributed by atoms with Crippen molar-refractivity contribution in [2.24, 2.45) is 7.05 Å². The van der Waals surface area contributed by atoms with E-state index in [4.69, 9.17) is 4.74 Å². The van der Waals surface area contributed by atoms with Crippen molar-refractivity contribution >= 4 is 5.91 Å². The highest BCUT2D eigenvalue weighted by atomic mass is 16.5. The molecule has 4 heteroatoms. The molecule has 2 heterocycles. The number of aromatic nitrogens is 1. The number of likely N-dealkylation sites (tertiary alicyclic amines) is 1. The number of rotatable bonds is 4. The highest BCUT2D eigenvalue weighted by Crippen LogP contribution is 2.25. The average molecular weight is 298 g/mol. The molecule has 0 aliphatic carbocycles. The third-order valence-electron chi connectivity index (χ3n) is 4.41. The van der Waals surface area contributed by atoms with Crippen molar-refractivity contribution < 1.29 is 9.53 Å². The Labute approximate surface area is 131 Å². The molecule has 1 atom stereocenters. The first kappa shape index (κ1) is 14.9.